The number of nitrogens with two attached hydrogens (primary N) is 1. The summed E-state index contributed by atoms with van der Waals surface area (Å²) in [5.41, 5.74) is 5.64. The smallest absolute Gasteiger partial charge is 0.230 e. The molecule has 1 fully saturated rings. The number of hydrogen-bond acceptors (Lipinski definition) is 3. The van der Waals surface area contributed by atoms with E-state index in [1.165, 1.54) is 19.3 Å². The maximum absolute atomic E-state index is 11.6. The topological polar surface area (TPSA) is 55.1 Å². The number of thioether (sulfide) groups is 1. The van der Waals surface area contributed by atoms with Crippen LogP contribution in [0.25, 0.3) is 0 Å². The maximum Gasteiger partial charge on any atom is 0.230 e. The van der Waals surface area contributed by atoms with Crippen molar-refractivity contribution in [2.45, 2.75) is 39.2 Å². The molecule has 4 heteroatoms. The molecule has 1 aliphatic rings. The van der Waals surface area contributed by atoms with E-state index in [0.29, 0.717) is 18.2 Å². The van der Waals surface area contributed by atoms with Crippen molar-refractivity contribution in [2.24, 2.45) is 17.6 Å². The Bertz CT molecular complexity index is 217. The number of carbonyl (C=O) groups excluding carboxylic acids is 1. The van der Waals surface area contributed by atoms with E-state index in [9.17, 15) is 4.79 Å². The lowest BCUT2D eigenvalue weighted by atomic mass is 10.2. The van der Waals surface area contributed by atoms with Gasteiger partial charge in [-0.2, -0.15) is 11.8 Å². The first-order valence-corrected chi connectivity index (χ1v) is 7.36. The van der Waals surface area contributed by atoms with Crippen LogP contribution in [0.3, 0.4) is 0 Å². The highest BCUT2D eigenvalue weighted by molar-refractivity contribution is 7.99. The molecule has 3 N–H and O–H groups in total. The van der Waals surface area contributed by atoms with Crippen LogP contribution >= 0.6 is 11.8 Å². The van der Waals surface area contributed by atoms with Crippen LogP contribution in [0.4, 0.5) is 0 Å². The molecule has 0 aromatic rings. The van der Waals surface area contributed by atoms with E-state index in [2.05, 4.69) is 19.2 Å². The molecular weight excluding hydrogens is 220 g/mol. The van der Waals surface area contributed by atoms with Crippen LogP contribution in [0.1, 0.15) is 33.1 Å². The van der Waals surface area contributed by atoms with Gasteiger partial charge in [0.15, 0.2) is 0 Å². The molecule has 3 nitrogen and oxygen atoms in total. The molecule has 1 aliphatic carbocycles. The van der Waals surface area contributed by atoms with Crippen LogP contribution in [0.5, 0.6) is 0 Å². The molecule has 0 bridgehead atoms. The molecule has 16 heavy (non-hydrogen) atoms. The third-order valence-corrected chi connectivity index (χ3v) is 3.85. The minimum absolute atomic E-state index is 0.149. The van der Waals surface area contributed by atoms with Gasteiger partial charge >= 0.3 is 0 Å². The van der Waals surface area contributed by atoms with Gasteiger partial charge < -0.3 is 11.1 Å². The van der Waals surface area contributed by atoms with Crippen molar-refractivity contribution in [3.05, 3.63) is 0 Å². The van der Waals surface area contributed by atoms with Crippen molar-refractivity contribution >= 4 is 17.7 Å². The number of amides is 1. The van der Waals surface area contributed by atoms with E-state index >= 15 is 0 Å². The molecule has 0 heterocycles. The number of rotatable bonds is 8. The highest BCUT2D eigenvalue weighted by atomic mass is 32.2. The molecule has 0 aliphatic heterocycles. The van der Waals surface area contributed by atoms with Gasteiger partial charge in [0.05, 0.1) is 5.75 Å². The molecule has 0 spiro atoms. The molecule has 1 rings (SSSR count). The zero-order valence-electron chi connectivity index (χ0n) is 10.4. The molecule has 0 aromatic carbocycles. The Balaban J connectivity index is 2.05. The van der Waals surface area contributed by atoms with Gasteiger partial charge in [0.25, 0.3) is 0 Å². The fraction of sp³-hybridized carbons (Fsp3) is 0.917. The average Bonchev–Trinajstić information content (AvgIpc) is 3.04. The van der Waals surface area contributed by atoms with Crippen LogP contribution < -0.4 is 11.1 Å². The molecular formula is C12H24N2OS. The van der Waals surface area contributed by atoms with E-state index in [0.717, 1.165) is 11.7 Å². The van der Waals surface area contributed by atoms with E-state index in [1.807, 2.05) is 0 Å². The third-order valence-electron chi connectivity index (χ3n) is 2.86. The predicted molar refractivity (Wildman–Crippen MR) is 70.5 cm³/mol. The zero-order valence-corrected chi connectivity index (χ0v) is 11.2. The van der Waals surface area contributed by atoms with Crippen molar-refractivity contribution in [1.29, 1.82) is 0 Å². The van der Waals surface area contributed by atoms with Gasteiger partial charge in [0.2, 0.25) is 5.91 Å². The molecule has 0 aromatic heterocycles. The summed E-state index contributed by atoms with van der Waals surface area (Å²) in [7, 11) is 0. The van der Waals surface area contributed by atoms with E-state index in [1.54, 1.807) is 11.8 Å². The largest absolute Gasteiger partial charge is 0.351 e. The van der Waals surface area contributed by atoms with Gasteiger partial charge in [-0.1, -0.05) is 13.8 Å². The van der Waals surface area contributed by atoms with E-state index in [4.69, 9.17) is 5.73 Å². The summed E-state index contributed by atoms with van der Waals surface area (Å²) in [5, 5.41) is 3.03. The molecule has 1 unspecified atom stereocenters. The highest BCUT2D eigenvalue weighted by Gasteiger charge is 2.30. The molecule has 0 saturated heterocycles. The van der Waals surface area contributed by atoms with Crippen LogP contribution in [-0.2, 0) is 4.79 Å². The lowest BCUT2D eigenvalue weighted by Crippen LogP contribution is -2.42. The fourth-order valence-corrected chi connectivity index (χ4v) is 2.65. The Labute approximate surface area is 103 Å². The minimum Gasteiger partial charge on any atom is -0.351 e. The zero-order chi connectivity index (χ0) is 12.0. The summed E-state index contributed by atoms with van der Waals surface area (Å²) in [6, 6.07) is 0.221. The number of carbonyl (C=O) groups is 1. The predicted octanol–water partition coefficient (Wildman–Crippen LogP) is 1.62. The number of nitrogens with one attached hydrogen (secondary N) is 1. The molecule has 1 saturated carbocycles. The summed E-state index contributed by atoms with van der Waals surface area (Å²) < 4.78 is 0. The van der Waals surface area contributed by atoms with Crippen molar-refractivity contribution in [1.82, 2.24) is 5.32 Å². The van der Waals surface area contributed by atoms with Crippen molar-refractivity contribution < 1.29 is 4.79 Å². The number of hydrogen-bond donors (Lipinski definition) is 2. The molecule has 1 atom stereocenters. The van der Waals surface area contributed by atoms with Gasteiger partial charge in [-0.05, 0) is 36.9 Å². The van der Waals surface area contributed by atoms with Crippen molar-refractivity contribution in [2.75, 3.05) is 18.1 Å². The van der Waals surface area contributed by atoms with Crippen LogP contribution in [-0.4, -0.2) is 30.0 Å². The third kappa shape index (κ3) is 5.75. The van der Waals surface area contributed by atoms with Crippen molar-refractivity contribution in [3.63, 3.8) is 0 Å². The summed E-state index contributed by atoms with van der Waals surface area (Å²) in [6.45, 7) is 4.99. The van der Waals surface area contributed by atoms with Gasteiger partial charge in [-0.3, -0.25) is 4.79 Å². The summed E-state index contributed by atoms with van der Waals surface area (Å²) in [6.07, 6.45) is 3.63. The Morgan fingerprint density at radius 2 is 2.19 bits per heavy atom. The van der Waals surface area contributed by atoms with Crippen molar-refractivity contribution in [3.8, 4) is 0 Å². The monoisotopic (exact) mass is 244 g/mol. The Morgan fingerprint density at radius 1 is 1.50 bits per heavy atom. The van der Waals surface area contributed by atoms with Crippen LogP contribution in [0, 0.1) is 11.8 Å². The molecule has 94 valence electrons. The lowest BCUT2D eigenvalue weighted by molar-refractivity contribution is -0.119. The summed E-state index contributed by atoms with van der Waals surface area (Å²) >= 11 is 1.72. The van der Waals surface area contributed by atoms with E-state index in [-0.39, 0.29) is 11.9 Å². The highest BCUT2D eigenvalue weighted by Crippen LogP contribution is 2.32. The van der Waals surface area contributed by atoms with Crippen LogP contribution in [0.2, 0.25) is 0 Å². The summed E-state index contributed by atoms with van der Waals surface area (Å²) in [4.78, 5) is 11.6. The maximum atomic E-state index is 11.6. The second-order valence-electron chi connectivity index (χ2n) is 4.98. The molecule has 0 radical (unpaired) electrons. The van der Waals surface area contributed by atoms with E-state index < -0.39 is 0 Å². The van der Waals surface area contributed by atoms with Gasteiger partial charge in [0.1, 0.15) is 0 Å². The SMILES string of the molecule is CC(C)CCSCC(=O)NC(CN)C1CC1. The lowest BCUT2D eigenvalue weighted by Gasteiger charge is -2.15. The quantitative estimate of drug-likeness (QED) is 0.638. The first-order chi connectivity index (χ1) is 7.63. The first kappa shape index (κ1) is 13.8. The Kier molecular flexibility index (Phi) is 6.21. The summed E-state index contributed by atoms with van der Waals surface area (Å²) in [5.74, 6) is 3.17. The van der Waals surface area contributed by atoms with Gasteiger partial charge in [-0.25, -0.2) is 0 Å². The normalized spacial score (nSPS) is 17.5. The first-order valence-electron chi connectivity index (χ1n) is 6.20. The Hall–Kier alpha value is -0.220. The minimum atomic E-state index is 0.149. The fourth-order valence-electron chi connectivity index (χ4n) is 1.60. The average molecular weight is 244 g/mol. The second kappa shape index (κ2) is 7.17. The van der Waals surface area contributed by atoms with Crippen LogP contribution in [0.15, 0.2) is 0 Å². The van der Waals surface area contributed by atoms with Gasteiger partial charge in [-0.15, -0.1) is 0 Å². The molecule has 1 amide bonds. The Morgan fingerprint density at radius 3 is 2.69 bits per heavy atom. The van der Waals surface area contributed by atoms with Gasteiger partial charge in [0, 0.05) is 12.6 Å². The second-order valence-corrected chi connectivity index (χ2v) is 6.09. The standard InChI is InChI=1S/C12H24N2OS/c1-9(2)5-6-16-8-12(15)14-11(7-13)10-3-4-10/h9-11H,3-8,13H2,1-2H3,(H,14,15).